The van der Waals surface area contributed by atoms with Gasteiger partial charge in [0.1, 0.15) is 6.61 Å². The maximum Gasteiger partial charge on any atom is 0.310 e. The summed E-state index contributed by atoms with van der Waals surface area (Å²) in [5.74, 6) is 0.685. The summed E-state index contributed by atoms with van der Waals surface area (Å²) in [6.45, 7) is 6.58. The maximum absolute atomic E-state index is 12.5. The van der Waals surface area contributed by atoms with Gasteiger partial charge in [0, 0.05) is 11.3 Å². The molecule has 2 atom stereocenters. The molecule has 2 aliphatic rings. The number of hydrogen-bond donors (Lipinski definition) is 0. The lowest BCUT2D eigenvalue weighted by Gasteiger charge is -2.07. The van der Waals surface area contributed by atoms with Crippen LogP contribution in [0.2, 0.25) is 0 Å². The molecule has 1 aromatic carbocycles. The summed E-state index contributed by atoms with van der Waals surface area (Å²) in [7, 11) is 0. The number of esters is 1. The molecule has 128 valence electrons. The number of aryl methyl sites for hydroxylation is 1. The largest absolute Gasteiger partial charge is 0.461 e. The maximum atomic E-state index is 12.5. The average Bonchev–Trinajstić information content (AvgIpc) is 2.87. The van der Waals surface area contributed by atoms with Gasteiger partial charge in [-0.15, -0.1) is 0 Å². The topological polar surface area (TPSA) is 43.4 Å². The number of thioether (sulfide) groups is 1. The molecule has 0 spiro atoms. The van der Waals surface area contributed by atoms with Crippen LogP contribution in [0.15, 0.2) is 35.9 Å². The third-order valence-electron chi connectivity index (χ3n) is 5.19. The molecule has 2 fully saturated rings. The highest BCUT2D eigenvalue weighted by molar-refractivity contribution is 8.14. The molecule has 0 aromatic heterocycles. The fourth-order valence-electron chi connectivity index (χ4n) is 3.44. The van der Waals surface area contributed by atoms with E-state index in [1.807, 2.05) is 18.2 Å². The first kappa shape index (κ1) is 17.3. The van der Waals surface area contributed by atoms with E-state index in [4.69, 9.17) is 4.74 Å². The van der Waals surface area contributed by atoms with E-state index in [0.29, 0.717) is 6.61 Å². The van der Waals surface area contributed by atoms with Crippen LogP contribution >= 0.6 is 11.8 Å². The molecule has 1 heterocycles. The highest BCUT2D eigenvalue weighted by Gasteiger charge is 2.61. The first-order valence-electron chi connectivity index (χ1n) is 8.55. The molecule has 1 saturated heterocycles. The molecule has 0 N–H and O–H groups in total. The molecule has 3 rings (SSSR count). The van der Waals surface area contributed by atoms with Gasteiger partial charge in [0.2, 0.25) is 5.12 Å². The van der Waals surface area contributed by atoms with Crippen molar-refractivity contribution in [2.24, 2.45) is 17.3 Å². The van der Waals surface area contributed by atoms with Crippen molar-refractivity contribution in [2.75, 3.05) is 5.75 Å². The van der Waals surface area contributed by atoms with E-state index in [-0.39, 0.29) is 28.3 Å². The van der Waals surface area contributed by atoms with Gasteiger partial charge in [-0.1, -0.05) is 62.9 Å². The first-order chi connectivity index (χ1) is 11.4. The van der Waals surface area contributed by atoms with Crippen LogP contribution in [0.5, 0.6) is 0 Å². The Balaban J connectivity index is 1.61. The number of ether oxygens (including phenoxy) is 1. The standard InChI is InChI=1S/C20H24O3S/c1-4-13-6-5-7-14(10-13)12-23-18(21)17-16(20(17,2)3)11-15-8-9-24-19(15)22/h5-7,10-11,16-17H,4,8-9,12H2,1-3H3/b15-11+/t16-,17-/m0/s1. The molecule has 1 saturated carbocycles. The van der Waals surface area contributed by atoms with Gasteiger partial charge in [0.05, 0.1) is 5.92 Å². The molecule has 0 amide bonds. The van der Waals surface area contributed by atoms with Gasteiger partial charge in [-0.25, -0.2) is 0 Å². The van der Waals surface area contributed by atoms with Crippen LogP contribution in [-0.4, -0.2) is 16.8 Å². The van der Waals surface area contributed by atoms with E-state index in [1.165, 1.54) is 17.3 Å². The van der Waals surface area contributed by atoms with Crippen LogP contribution in [0.4, 0.5) is 0 Å². The highest BCUT2D eigenvalue weighted by Crippen LogP contribution is 2.60. The van der Waals surface area contributed by atoms with Crippen LogP contribution in [0, 0.1) is 17.3 Å². The van der Waals surface area contributed by atoms with Gasteiger partial charge in [-0.3, -0.25) is 9.59 Å². The summed E-state index contributed by atoms with van der Waals surface area (Å²) < 4.78 is 5.55. The minimum absolute atomic E-state index is 0.115. The zero-order chi connectivity index (χ0) is 17.3. The summed E-state index contributed by atoms with van der Waals surface area (Å²) >= 11 is 1.37. The Hall–Kier alpha value is -1.55. The van der Waals surface area contributed by atoms with E-state index >= 15 is 0 Å². The normalized spacial score (nSPS) is 26.6. The van der Waals surface area contributed by atoms with Gasteiger partial charge in [0.25, 0.3) is 0 Å². The number of allylic oxidation sites excluding steroid dienone is 1. The second-order valence-electron chi connectivity index (χ2n) is 7.18. The Labute approximate surface area is 147 Å². The van der Waals surface area contributed by atoms with Crippen LogP contribution in [0.1, 0.15) is 38.3 Å². The summed E-state index contributed by atoms with van der Waals surface area (Å²) in [5.41, 5.74) is 3.03. The fourth-order valence-corrected chi connectivity index (χ4v) is 4.30. The molecule has 0 radical (unpaired) electrons. The molecule has 0 unspecified atom stereocenters. The quantitative estimate of drug-likeness (QED) is 0.594. The second kappa shape index (κ2) is 6.75. The van der Waals surface area contributed by atoms with Crippen LogP contribution in [0.3, 0.4) is 0 Å². The second-order valence-corrected chi connectivity index (χ2v) is 8.25. The fraction of sp³-hybridized carbons (Fsp3) is 0.500. The van der Waals surface area contributed by atoms with Gasteiger partial charge in [-0.05, 0) is 35.3 Å². The molecule has 0 bridgehead atoms. The van der Waals surface area contributed by atoms with Gasteiger partial charge < -0.3 is 4.74 Å². The van der Waals surface area contributed by atoms with Crippen molar-refractivity contribution in [1.29, 1.82) is 0 Å². The van der Waals surface area contributed by atoms with Gasteiger partial charge in [0.15, 0.2) is 0 Å². The third-order valence-corrected chi connectivity index (χ3v) is 6.13. The lowest BCUT2D eigenvalue weighted by Crippen LogP contribution is -2.10. The summed E-state index contributed by atoms with van der Waals surface area (Å²) in [5, 5.41) is 0.168. The Morgan fingerprint density at radius 1 is 1.38 bits per heavy atom. The van der Waals surface area contributed by atoms with E-state index in [9.17, 15) is 9.59 Å². The molecular formula is C20H24O3S. The third kappa shape index (κ3) is 3.44. The monoisotopic (exact) mass is 344 g/mol. The number of rotatable bonds is 5. The lowest BCUT2D eigenvalue weighted by molar-refractivity contribution is -0.147. The SMILES string of the molecule is CCc1cccc(COC(=O)[C@@H]2[C@H](/C=C3\CCSC3=O)C2(C)C)c1. The van der Waals surface area contributed by atoms with Crippen LogP contribution in [0.25, 0.3) is 0 Å². The summed E-state index contributed by atoms with van der Waals surface area (Å²) in [4.78, 5) is 24.2. The molecule has 1 aromatic rings. The van der Waals surface area contributed by atoms with Crippen molar-refractivity contribution in [3.05, 3.63) is 47.0 Å². The minimum atomic E-state index is -0.151. The van der Waals surface area contributed by atoms with Crippen molar-refractivity contribution in [3.63, 3.8) is 0 Å². The van der Waals surface area contributed by atoms with E-state index < -0.39 is 0 Å². The summed E-state index contributed by atoms with van der Waals surface area (Å²) in [6, 6.07) is 8.14. The molecule has 24 heavy (non-hydrogen) atoms. The van der Waals surface area contributed by atoms with Crippen molar-refractivity contribution >= 4 is 22.8 Å². The zero-order valence-electron chi connectivity index (χ0n) is 14.5. The van der Waals surface area contributed by atoms with Crippen molar-refractivity contribution in [3.8, 4) is 0 Å². The number of carbonyl (C=O) groups is 2. The van der Waals surface area contributed by atoms with E-state index in [2.05, 4.69) is 32.9 Å². The van der Waals surface area contributed by atoms with Crippen LogP contribution in [-0.2, 0) is 27.4 Å². The number of benzene rings is 1. The van der Waals surface area contributed by atoms with E-state index in [0.717, 1.165) is 29.7 Å². The first-order valence-corrected chi connectivity index (χ1v) is 9.54. The minimum Gasteiger partial charge on any atom is -0.461 e. The van der Waals surface area contributed by atoms with Gasteiger partial charge in [-0.2, -0.15) is 0 Å². The molecule has 3 nitrogen and oxygen atoms in total. The highest BCUT2D eigenvalue weighted by atomic mass is 32.2. The van der Waals surface area contributed by atoms with Crippen LogP contribution < -0.4 is 0 Å². The number of hydrogen-bond acceptors (Lipinski definition) is 4. The molecule has 1 aliphatic carbocycles. The Kier molecular flexibility index (Phi) is 4.86. The van der Waals surface area contributed by atoms with Crippen molar-refractivity contribution in [2.45, 2.75) is 40.2 Å². The molecule has 1 aliphatic heterocycles. The lowest BCUT2D eigenvalue weighted by atomic mass is 10.1. The van der Waals surface area contributed by atoms with Crippen molar-refractivity contribution in [1.82, 2.24) is 0 Å². The molecular weight excluding hydrogens is 320 g/mol. The zero-order valence-corrected chi connectivity index (χ0v) is 15.3. The van der Waals surface area contributed by atoms with Crippen molar-refractivity contribution < 1.29 is 14.3 Å². The van der Waals surface area contributed by atoms with E-state index in [1.54, 1.807) is 0 Å². The summed E-state index contributed by atoms with van der Waals surface area (Å²) in [6.07, 6.45) is 3.81. The van der Waals surface area contributed by atoms with Gasteiger partial charge >= 0.3 is 5.97 Å². The molecule has 4 heteroatoms. The Morgan fingerprint density at radius 2 is 2.12 bits per heavy atom. The average molecular weight is 344 g/mol. The Morgan fingerprint density at radius 3 is 2.79 bits per heavy atom. The Bertz CT molecular complexity index is 690. The number of carbonyl (C=O) groups excluding carboxylic acids is 2. The smallest absolute Gasteiger partial charge is 0.310 e. The predicted molar refractivity (Wildman–Crippen MR) is 96.5 cm³/mol. The predicted octanol–water partition coefficient (Wildman–Crippen LogP) is 4.15.